The van der Waals surface area contributed by atoms with Crippen molar-refractivity contribution in [2.45, 2.75) is 45.1 Å². The molecule has 2 N–H and O–H groups in total. The second-order valence-corrected chi connectivity index (χ2v) is 4.27. The number of carbonyl (C=O) groups is 1. The van der Waals surface area contributed by atoms with Crippen LogP contribution in [-0.2, 0) is 4.79 Å². The first-order valence-corrected chi connectivity index (χ1v) is 5.85. The summed E-state index contributed by atoms with van der Waals surface area (Å²) in [6, 6.07) is 0.589. The average Bonchev–Trinajstić information content (AvgIpc) is 2.25. The predicted octanol–water partition coefficient (Wildman–Crippen LogP) is 2.19. The van der Waals surface area contributed by atoms with Crippen molar-refractivity contribution in [3.05, 3.63) is 12.2 Å². The molecule has 3 nitrogen and oxygen atoms in total. The highest BCUT2D eigenvalue weighted by molar-refractivity contribution is 5.79. The fourth-order valence-electron chi connectivity index (χ4n) is 2.17. The molecule has 0 aromatic heterocycles. The van der Waals surface area contributed by atoms with Gasteiger partial charge in [0, 0.05) is 18.7 Å². The number of rotatable bonds is 5. The summed E-state index contributed by atoms with van der Waals surface area (Å²) in [6.07, 6.45) is 9.27. The normalized spacial score (nSPS) is 27.0. The van der Waals surface area contributed by atoms with Crippen molar-refractivity contribution in [3.63, 3.8) is 0 Å². The molecule has 0 saturated heterocycles. The Morgan fingerprint density at radius 2 is 2.07 bits per heavy atom. The molecule has 0 aromatic carbocycles. The first kappa shape index (κ1) is 12.2. The lowest BCUT2D eigenvalue weighted by Crippen LogP contribution is -2.33. The molecule has 0 heterocycles. The molecule has 1 aliphatic rings. The zero-order valence-corrected chi connectivity index (χ0v) is 9.41. The largest absolute Gasteiger partial charge is 0.478 e. The Labute approximate surface area is 91.6 Å². The quantitative estimate of drug-likeness (QED) is 0.685. The number of carboxylic acids is 1. The Bertz CT molecular complexity index is 218. The molecule has 0 unspecified atom stereocenters. The second kappa shape index (κ2) is 6.62. The van der Waals surface area contributed by atoms with E-state index in [1.54, 1.807) is 6.08 Å². The Kier molecular flexibility index (Phi) is 5.40. The van der Waals surface area contributed by atoms with Crippen LogP contribution in [-0.4, -0.2) is 23.7 Å². The maximum Gasteiger partial charge on any atom is 0.328 e. The summed E-state index contributed by atoms with van der Waals surface area (Å²) in [5.74, 6) is 0.0455. The summed E-state index contributed by atoms with van der Waals surface area (Å²) >= 11 is 0. The smallest absolute Gasteiger partial charge is 0.328 e. The number of nitrogens with one attached hydrogen (secondary N) is 1. The highest BCUT2D eigenvalue weighted by atomic mass is 16.4. The minimum Gasteiger partial charge on any atom is -0.478 e. The van der Waals surface area contributed by atoms with Crippen molar-refractivity contribution < 1.29 is 9.90 Å². The monoisotopic (exact) mass is 211 g/mol. The van der Waals surface area contributed by atoms with Gasteiger partial charge in [-0.1, -0.05) is 19.4 Å². The van der Waals surface area contributed by atoms with Gasteiger partial charge in [-0.05, 0) is 31.6 Å². The lowest BCUT2D eigenvalue weighted by molar-refractivity contribution is -0.131. The average molecular weight is 211 g/mol. The molecule has 0 bridgehead atoms. The minimum atomic E-state index is -0.869. The summed E-state index contributed by atoms with van der Waals surface area (Å²) in [5, 5.41) is 11.8. The molecule has 3 heteroatoms. The van der Waals surface area contributed by atoms with Crippen LogP contribution in [0, 0.1) is 5.92 Å². The van der Waals surface area contributed by atoms with Gasteiger partial charge in [0.25, 0.3) is 0 Å². The van der Waals surface area contributed by atoms with Gasteiger partial charge in [-0.2, -0.15) is 0 Å². The van der Waals surface area contributed by atoms with E-state index < -0.39 is 5.97 Å². The van der Waals surface area contributed by atoms with E-state index in [1.807, 2.05) is 0 Å². The molecular weight excluding hydrogens is 190 g/mol. The van der Waals surface area contributed by atoms with Crippen LogP contribution in [0.25, 0.3) is 0 Å². The molecule has 15 heavy (non-hydrogen) atoms. The second-order valence-electron chi connectivity index (χ2n) is 4.27. The van der Waals surface area contributed by atoms with E-state index in [4.69, 9.17) is 5.11 Å². The first-order chi connectivity index (χ1) is 7.22. The molecule has 1 saturated carbocycles. The number of hydrogen-bond donors (Lipinski definition) is 2. The van der Waals surface area contributed by atoms with Crippen LogP contribution in [0.1, 0.15) is 39.0 Å². The molecule has 0 amide bonds. The van der Waals surface area contributed by atoms with Crippen molar-refractivity contribution in [1.82, 2.24) is 5.32 Å². The van der Waals surface area contributed by atoms with Crippen LogP contribution < -0.4 is 5.32 Å². The summed E-state index contributed by atoms with van der Waals surface area (Å²) in [5.41, 5.74) is 0. The number of carboxylic acid groups (broad SMARTS) is 1. The van der Waals surface area contributed by atoms with E-state index in [2.05, 4.69) is 12.2 Å². The number of hydrogen-bond acceptors (Lipinski definition) is 2. The van der Waals surface area contributed by atoms with Crippen LogP contribution in [0.5, 0.6) is 0 Å². The molecule has 0 radical (unpaired) electrons. The van der Waals surface area contributed by atoms with E-state index in [9.17, 15) is 4.79 Å². The van der Waals surface area contributed by atoms with Crippen molar-refractivity contribution in [3.8, 4) is 0 Å². The predicted molar refractivity (Wildman–Crippen MR) is 60.8 cm³/mol. The van der Waals surface area contributed by atoms with E-state index in [1.165, 1.54) is 38.2 Å². The van der Waals surface area contributed by atoms with Crippen LogP contribution in [0.2, 0.25) is 0 Å². The minimum absolute atomic E-state index is 0.589. The molecule has 0 aromatic rings. The van der Waals surface area contributed by atoms with Crippen LogP contribution in [0.15, 0.2) is 12.2 Å². The van der Waals surface area contributed by atoms with Crippen molar-refractivity contribution in [2.75, 3.05) is 6.54 Å². The summed E-state index contributed by atoms with van der Waals surface area (Å²) in [4.78, 5) is 10.2. The Hall–Kier alpha value is -0.830. The summed E-state index contributed by atoms with van der Waals surface area (Å²) in [7, 11) is 0. The van der Waals surface area contributed by atoms with E-state index in [0.29, 0.717) is 12.6 Å². The molecule has 0 aliphatic heterocycles. The summed E-state index contributed by atoms with van der Waals surface area (Å²) < 4.78 is 0. The van der Waals surface area contributed by atoms with E-state index >= 15 is 0 Å². The lowest BCUT2D eigenvalue weighted by Gasteiger charge is -2.28. The molecular formula is C12H21NO2. The van der Waals surface area contributed by atoms with Gasteiger partial charge in [0.15, 0.2) is 0 Å². The fraction of sp³-hybridized carbons (Fsp3) is 0.750. The third-order valence-electron chi connectivity index (χ3n) is 3.21. The highest BCUT2D eigenvalue weighted by Crippen LogP contribution is 2.26. The van der Waals surface area contributed by atoms with E-state index in [0.717, 1.165) is 5.92 Å². The standard InChI is InChI=1S/C12H21NO2/c1-2-10-5-7-11(8-6-10)13-9-3-4-12(14)15/h3-4,10-11,13H,2,5-9H2,1H3,(H,14,15)/b4-3+. The fourth-order valence-corrected chi connectivity index (χ4v) is 2.17. The molecule has 86 valence electrons. The third kappa shape index (κ3) is 4.98. The highest BCUT2D eigenvalue weighted by Gasteiger charge is 2.18. The van der Waals surface area contributed by atoms with Gasteiger partial charge in [-0.3, -0.25) is 0 Å². The number of aliphatic carboxylic acids is 1. The Balaban J connectivity index is 2.11. The van der Waals surface area contributed by atoms with Gasteiger partial charge >= 0.3 is 5.97 Å². The van der Waals surface area contributed by atoms with Gasteiger partial charge < -0.3 is 10.4 Å². The van der Waals surface area contributed by atoms with Crippen LogP contribution in [0.3, 0.4) is 0 Å². The first-order valence-electron chi connectivity index (χ1n) is 5.85. The van der Waals surface area contributed by atoms with Crippen molar-refractivity contribution in [1.29, 1.82) is 0 Å². The Morgan fingerprint density at radius 1 is 1.40 bits per heavy atom. The van der Waals surface area contributed by atoms with Gasteiger partial charge in [0.2, 0.25) is 0 Å². The van der Waals surface area contributed by atoms with Crippen LogP contribution in [0.4, 0.5) is 0 Å². The maximum atomic E-state index is 10.2. The van der Waals surface area contributed by atoms with Gasteiger partial charge in [0.1, 0.15) is 0 Å². The third-order valence-corrected chi connectivity index (χ3v) is 3.21. The topological polar surface area (TPSA) is 49.3 Å². The van der Waals surface area contributed by atoms with Crippen molar-refractivity contribution in [2.24, 2.45) is 5.92 Å². The van der Waals surface area contributed by atoms with E-state index in [-0.39, 0.29) is 0 Å². The van der Waals surface area contributed by atoms with Crippen molar-refractivity contribution >= 4 is 5.97 Å². The maximum absolute atomic E-state index is 10.2. The SMILES string of the molecule is CCC1CCC(NC/C=C/C(=O)O)CC1. The molecule has 0 spiro atoms. The van der Waals surface area contributed by atoms with Gasteiger partial charge in [-0.25, -0.2) is 4.79 Å². The zero-order chi connectivity index (χ0) is 11.1. The molecule has 0 atom stereocenters. The van der Waals surface area contributed by atoms with Gasteiger partial charge in [0.05, 0.1) is 0 Å². The summed E-state index contributed by atoms with van der Waals surface area (Å²) in [6.45, 7) is 2.93. The molecule has 1 fully saturated rings. The lowest BCUT2D eigenvalue weighted by atomic mass is 9.84. The molecule has 1 rings (SSSR count). The molecule has 1 aliphatic carbocycles. The van der Waals surface area contributed by atoms with Gasteiger partial charge in [-0.15, -0.1) is 0 Å². The zero-order valence-electron chi connectivity index (χ0n) is 9.41. The van der Waals surface area contributed by atoms with Crippen LogP contribution >= 0.6 is 0 Å². The Morgan fingerprint density at radius 3 is 2.60 bits per heavy atom.